The summed E-state index contributed by atoms with van der Waals surface area (Å²) < 4.78 is 1.86. The predicted molar refractivity (Wildman–Crippen MR) is 160 cm³/mol. The van der Waals surface area contributed by atoms with Gasteiger partial charge in [0.05, 0.1) is 13.1 Å². The minimum Gasteiger partial charge on any atom is -1.00 e. The van der Waals surface area contributed by atoms with E-state index in [-0.39, 0.29) is 12.4 Å². The zero-order valence-electron chi connectivity index (χ0n) is 23.5. The fourth-order valence-corrected chi connectivity index (χ4v) is 6.55. The molecule has 0 aliphatic heterocycles. The molecular weight excluding hydrogens is 549 g/mol. The van der Waals surface area contributed by atoms with Crippen molar-refractivity contribution in [2.24, 2.45) is 0 Å². The van der Waals surface area contributed by atoms with E-state index in [4.69, 9.17) is 6.42 Å². The van der Waals surface area contributed by atoms with Crippen LogP contribution in [0.3, 0.4) is 0 Å². The summed E-state index contributed by atoms with van der Waals surface area (Å²) in [5, 5.41) is 0. The largest absolute Gasteiger partial charge is 1.00 e. The van der Waals surface area contributed by atoms with Crippen LogP contribution in [0.1, 0.15) is 162 Å². The highest BCUT2D eigenvalue weighted by molar-refractivity contribution is 14.1. The summed E-state index contributed by atoms with van der Waals surface area (Å²) in [5.41, 5.74) is 0. The summed E-state index contributed by atoms with van der Waals surface area (Å²) in [6, 6.07) is 0. The second kappa shape index (κ2) is 28.1. The van der Waals surface area contributed by atoms with Crippen LogP contribution in [-0.2, 0) is 0 Å². The van der Waals surface area contributed by atoms with E-state index < -0.39 is 0 Å². The van der Waals surface area contributed by atoms with Gasteiger partial charge in [0.1, 0.15) is 10.6 Å². The first-order valence-corrected chi connectivity index (χ1v) is 16.3. The Morgan fingerprint density at radius 2 is 0.882 bits per heavy atom. The molecule has 3 heteroatoms. The summed E-state index contributed by atoms with van der Waals surface area (Å²) in [5.74, 6) is 3.09. The lowest BCUT2D eigenvalue weighted by molar-refractivity contribution is -0.928. The number of unbranched alkanes of at least 4 members (excludes halogenated alkanes) is 18. The fraction of sp³-hybridized carbons (Fsp3) is 0.935. The SMILES string of the molecule is C#CC[N+](CCCCCCCCCCCC)(CCCCCCCCCCCC)C(I)CCC.[Cl-]. The van der Waals surface area contributed by atoms with Crippen LogP contribution in [0.2, 0.25) is 0 Å². The van der Waals surface area contributed by atoms with Crippen molar-refractivity contribution in [2.45, 2.75) is 166 Å². The lowest BCUT2D eigenvalue weighted by atomic mass is 10.0. The zero-order valence-corrected chi connectivity index (χ0v) is 26.4. The van der Waals surface area contributed by atoms with E-state index in [1.807, 2.05) is 0 Å². The van der Waals surface area contributed by atoms with E-state index in [0.717, 1.165) is 6.54 Å². The molecule has 0 heterocycles. The van der Waals surface area contributed by atoms with Gasteiger partial charge in [-0.05, 0) is 60.6 Å². The molecule has 0 aliphatic rings. The Kier molecular flexibility index (Phi) is 30.3. The van der Waals surface area contributed by atoms with Crippen molar-refractivity contribution in [3.05, 3.63) is 0 Å². The molecule has 0 radical (unpaired) electrons. The second-order valence-electron chi connectivity index (χ2n) is 10.6. The molecule has 0 aromatic heterocycles. The highest BCUT2D eigenvalue weighted by Crippen LogP contribution is 2.27. The first kappa shape index (κ1) is 36.7. The van der Waals surface area contributed by atoms with Crippen LogP contribution < -0.4 is 12.4 Å². The van der Waals surface area contributed by atoms with Crippen LogP contribution in [0, 0.1) is 12.3 Å². The molecule has 0 amide bonds. The fourth-order valence-electron chi connectivity index (χ4n) is 5.17. The summed E-state index contributed by atoms with van der Waals surface area (Å²) >= 11 is 2.74. The lowest BCUT2D eigenvalue weighted by Gasteiger charge is -2.42. The van der Waals surface area contributed by atoms with Crippen molar-refractivity contribution in [3.8, 4) is 12.3 Å². The minimum absolute atomic E-state index is 0. The number of alkyl halides is 1. The van der Waals surface area contributed by atoms with Gasteiger partial charge in [0.2, 0.25) is 0 Å². The average Bonchev–Trinajstić information content (AvgIpc) is 2.81. The van der Waals surface area contributed by atoms with Crippen LogP contribution in [0.5, 0.6) is 0 Å². The van der Waals surface area contributed by atoms with Gasteiger partial charge in [-0.2, -0.15) is 0 Å². The van der Waals surface area contributed by atoms with Crippen molar-refractivity contribution >= 4 is 22.6 Å². The highest BCUT2D eigenvalue weighted by atomic mass is 127. The van der Waals surface area contributed by atoms with Crippen molar-refractivity contribution in [3.63, 3.8) is 0 Å². The number of terminal acetylenes is 1. The molecule has 0 bridgehead atoms. The van der Waals surface area contributed by atoms with Crippen LogP contribution >= 0.6 is 22.6 Å². The average molecular weight is 610 g/mol. The van der Waals surface area contributed by atoms with E-state index in [9.17, 15) is 0 Å². The van der Waals surface area contributed by atoms with E-state index >= 15 is 0 Å². The molecule has 34 heavy (non-hydrogen) atoms. The van der Waals surface area contributed by atoms with Crippen LogP contribution in [0.4, 0.5) is 0 Å². The van der Waals surface area contributed by atoms with Gasteiger partial charge in [0.25, 0.3) is 0 Å². The highest BCUT2D eigenvalue weighted by Gasteiger charge is 2.33. The molecule has 0 aliphatic carbocycles. The molecule has 204 valence electrons. The van der Waals surface area contributed by atoms with Gasteiger partial charge in [-0.15, -0.1) is 6.42 Å². The molecular formula is C31H61ClIN. The van der Waals surface area contributed by atoms with Crippen LogP contribution in [0.25, 0.3) is 0 Å². The molecule has 1 atom stereocenters. The summed E-state index contributed by atoms with van der Waals surface area (Å²) in [4.78, 5) is 0. The second-order valence-corrected chi connectivity index (χ2v) is 12.1. The topological polar surface area (TPSA) is 0 Å². The Morgan fingerprint density at radius 1 is 0.559 bits per heavy atom. The summed E-state index contributed by atoms with van der Waals surface area (Å²) in [7, 11) is 0. The van der Waals surface area contributed by atoms with Gasteiger partial charge in [0.15, 0.2) is 0 Å². The van der Waals surface area contributed by atoms with E-state index in [2.05, 4.69) is 49.3 Å². The third-order valence-electron chi connectivity index (χ3n) is 7.44. The molecule has 0 spiro atoms. The normalized spacial score (nSPS) is 12.3. The van der Waals surface area contributed by atoms with E-state index in [0.29, 0.717) is 4.05 Å². The third-order valence-corrected chi connectivity index (χ3v) is 9.25. The number of rotatable bonds is 26. The molecule has 0 rings (SSSR count). The predicted octanol–water partition coefficient (Wildman–Crippen LogP) is 7.84. The first-order chi connectivity index (χ1) is 16.2. The first-order valence-electron chi connectivity index (χ1n) is 15.1. The number of hydrogen-bond acceptors (Lipinski definition) is 0. The number of nitrogens with zero attached hydrogens (tertiary/aromatic N) is 1. The maximum absolute atomic E-state index is 5.92. The summed E-state index contributed by atoms with van der Waals surface area (Å²) in [6.45, 7) is 10.5. The maximum atomic E-state index is 5.92. The standard InChI is InChI=1S/C31H61IN.ClH/c1-5-9-11-13-15-17-19-21-23-25-29-33(28-8-4,31(32)27-7-3)30-26-24-22-20-18-16-14-12-10-6-2;/h4,31H,5-7,9-30H2,1-3H3;1H/q+1;/p-1. The Bertz CT molecular complexity index is 410. The quantitative estimate of drug-likeness (QED) is 0.0234. The smallest absolute Gasteiger partial charge is 0.141 e. The Morgan fingerprint density at radius 3 is 1.18 bits per heavy atom. The van der Waals surface area contributed by atoms with E-state index in [1.165, 1.54) is 159 Å². The summed E-state index contributed by atoms with van der Waals surface area (Å²) in [6.07, 6.45) is 36.8. The molecule has 1 unspecified atom stereocenters. The van der Waals surface area contributed by atoms with Crippen molar-refractivity contribution < 1.29 is 16.9 Å². The van der Waals surface area contributed by atoms with Gasteiger partial charge in [0, 0.05) is 6.42 Å². The Hall–Kier alpha value is 0.540. The lowest BCUT2D eigenvalue weighted by Crippen LogP contribution is -3.00. The molecule has 0 fully saturated rings. The van der Waals surface area contributed by atoms with Crippen molar-refractivity contribution in [2.75, 3.05) is 19.6 Å². The van der Waals surface area contributed by atoms with Crippen molar-refractivity contribution in [1.29, 1.82) is 0 Å². The molecule has 1 nitrogen and oxygen atoms in total. The number of hydrogen-bond donors (Lipinski definition) is 0. The van der Waals surface area contributed by atoms with Gasteiger partial charge < -0.3 is 16.9 Å². The van der Waals surface area contributed by atoms with Gasteiger partial charge in [-0.1, -0.05) is 124 Å². The number of quaternary nitrogens is 1. The number of halogens is 2. The molecule has 0 N–H and O–H groups in total. The third kappa shape index (κ3) is 20.7. The van der Waals surface area contributed by atoms with Gasteiger partial charge in [-0.3, -0.25) is 0 Å². The van der Waals surface area contributed by atoms with Gasteiger partial charge >= 0.3 is 0 Å². The van der Waals surface area contributed by atoms with E-state index in [1.54, 1.807) is 0 Å². The zero-order chi connectivity index (χ0) is 24.5. The minimum atomic E-state index is 0. The molecule has 0 saturated carbocycles. The van der Waals surface area contributed by atoms with Crippen molar-refractivity contribution in [1.82, 2.24) is 0 Å². The monoisotopic (exact) mass is 609 g/mol. The molecule has 0 aromatic carbocycles. The Balaban J connectivity index is 0. The maximum Gasteiger partial charge on any atom is 0.141 e. The van der Waals surface area contributed by atoms with Crippen LogP contribution in [0.15, 0.2) is 0 Å². The van der Waals surface area contributed by atoms with Crippen LogP contribution in [-0.4, -0.2) is 28.2 Å². The molecule has 0 saturated heterocycles. The Labute approximate surface area is 236 Å². The van der Waals surface area contributed by atoms with Gasteiger partial charge in [-0.25, -0.2) is 0 Å². The molecule has 0 aromatic rings.